The minimum Gasteiger partial charge on any atom is -0.493 e. The molecule has 0 aliphatic carbocycles. The van der Waals surface area contributed by atoms with Crippen molar-refractivity contribution in [3.8, 4) is 11.5 Å². The topological polar surface area (TPSA) is 64.3 Å². The number of hydrazone groups is 1. The molecule has 0 radical (unpaired) electrons. The van der Waals surface area contributed by atoms with Crippen LogP contribution < -0.4 is 9.47 Å². The predicted octanol–water partition coefficient (Wildman–Crippen LogP) is 5.70. The Bertz CT molecular complexity index is 1130. The molecule has 0 saturated carbocycles. The average Bonchev–Trinajstić information content (AvgIpc) is 3.39. The summed E-state index contributed by atoms with van der Waals surface area (Å²) in [5.41, 5.74) is 2.48. The van der Waals surface area contributed by atoms with Crippen molar-refractivity contribution in [3.05, 3.63) is 81.2 Å². The third-order valence-corrected chi connectivity index (χ3v) is 5.51. The molecule has 154 valence electrons. The molecule has 2 aromatic carbocycles. The highest BCUT2D eigenvalue weighted by Crippen LogP contribution is 2.37. The summed E-state index contributed by atoms with van der Waals surface area (Å²) in [5.74, 6) is 1.09. The van der Waals surface area contributed by atoms with Gasteiger partial charge in [-0.05, 0) is 64.0 Å². The van der Waals surface area contributed by atoms with Gasteiger partial charge in [-0.25, -0.2) is 5.01 Å². The molecule has 1 amide bonds. The number of carbonyl (C=O) groups excluding carboxylic acids is 1. The van der Waals surface area contributed by atoms with Gasteiger partial charge in [-0.3, -0.25) is 4.79 Å². The van der Waals surface area contributed by atoms with Crippen molar-refractivity contribution in [3.63, 3.8) is 0 Å². The van der Waals surface area contributed by atoms with E-state index in [0.29, 0.717) is 27.6 Å². The first-order valence-electron chi connectivity index (χ1n) is 9.14. The van der Waals surface area contributed by atoms with Gasteiger partial charge in [0.05, 0.1) is 26.0 Å². The van der Waals surface area contributed by atoms with E-state index in [1.54, 1.807) is 32.4 Å². The van der Waals surface area contributed by atoms with Crippen LogP contribution in [0.3, 0.4) is 0 Å². The van der Waals surface area contributed by atoms with Gasteiger partial charge in [0.1, 0.15) is 0 Å². The fourth-order valence-electron chi connectivity index (χ4n) is 3.40. The van der Waals surface area contributed by atoms with Gasteiger partial charge in [0.2, 0.25) is 0 Å². The molecule has 6 nitrogen and oxygen atoms in total. The zero-order chi connectivity index (χ0) is 21.3. The first kappa shape index (κ1) is 20.5. The quantitative estimate of drug-likeness (QED) is 0.461. The summed E-state index contributed by atoms with van der Waals surface area (Å²) in [6, 6.07) is 16.0. The van der Waals surface area contributed by atoms with Gasteiger partial charge in [0.25, 0.3) is 0 Å². The third kappa shape index (κ3) is 3.95. The lowest BCUT2D eigenvalue weighted by atomic mass is 9.98. The van der Waals surface area contributed by atoms with E-state index in [-0.39, 0.29) is 17.7 Å². The molecule has 0 fully saturated rings. The van der Waals surface area contributed by atoms with Gasteiger partial charge in [-0.2, -0.15) is 5.10 Å². The van der Waals surface area contributed by atoms with E-state index < -0.39 is 0 Å². The standard InChI is InChI=1S/C22H18BrClN2O4/c1-28-18-7-6-13(11-20(18)29-2)16-12-17(14-4-3-5-15(24)10-14)26(25-16)22(27)19-8-9-21(23)30-19/h3-11,17H,12H2,1-2H3/t17-/m1/s1. The summed E-state index contributed by atoms with van der Waals surface area (Å²) in [5, 5.41) is 6.69. The molecule has 1 aromatic heterocycles. The normalized spacial score (nSPS) is 15.8. The smallest absolute Gasteiger partial charge is 0.310 e. The highest BCUT2D eigenvalue weighted by Gasteiger charge is 2.35. The largest absolute Gasteiger partial charge is 0.493 e. The van der Waals surface area contributed by atoms with Gasteiger partial charge in [0, 0.05) is 17.0 Å². The second-order valence-corrected chi connectivity index (χ2v) is 7.86. The van der Waals surface area contributed by atoms with Gasteiger partial charge < -0.3 is 13.9 Å². The average molecular weight is 490 g/mol. The summed E-state index contributed by atoms with van der Waals surface area (Å²) < 4.78 is 16.7. The van der Waals surface area contributed by atoms with Crippen LogP contribution in [0.5, 0.6) is 11.5 Å². The van der Waals surface area contributed by atoms with E-state index >= 15 is 0 Å². The number of hydrogen-bond donors (Lipinski definition) is 0. The SMILES string of the molecule is COc1ccc(C2=NN(C(=O)c3ccc(Br)o3)[C@@H](c3cccc(Cl)c3)C2)cc1OC. The Morgan fingerprint density at radius 1 is 1.13 bits per heavy atom. The Labute approximate surface area is 187 Å². The number of rotatable bonds is 5. The van der Waals surface area contributed by atoms with Gasteiger partial charge >= 0.3 is 5.91 Å². The van der Waals surface area contributed by atoms with E-state index in [1.807, 2.05) is 36.4 Å². The molecule has 1 aliphatic heterocycles. The van der Waals surface area contributed by atoms with E-state index in [9.17, 15) is 4.79 Å². The molecule has 0 N–H and O–H groups in total. The van der Waals surface area contributed by atoms with Crippen molar-refractivity contribution >= 4 is 39.1 Å². The lowest BCUT2D eigenvalue weighted by molar-refractivity contribution is 0.0677. The minimum absolute atomic E-state index is 0.200. The summed E-state index contributed by atoms with van der Waals surface area (Å²) in [4.78, 5) is 13.2. The Hall–Kier alpha value is -2.77. The molecule has 1 atom stereocenters. The number of amides is 1. The number of methoxy groups -OCH3 is 2. The predicted molar refractivity (Wildman–Crippen MR) is 117 cm³/mol. The van der Waals surface area contributed by atoms with Gasteiger partial charge in [0.15, 0.2) is 21.9 Å². The van der Waals surface area contributed by atoms with Crippen LogP contribution in [0.4, 0.5) is 0 Å². The number of carbonyl (C=O) groups is 1. The van der Waals surface area contributed by atoms with Gasteiger partial charge in [-0.1, -0.05) is 23.7 Å². The molecule has 0 bridgehead atoms. The van der Waals surface area contributed by atoms with Crippen molar-refractivity contribution in [2.24, 2.45) is 5.10 Å². The second kappa shape index (κ2) is 8.53. The molecule has 2 heterocycles. The summed E-state index contributed by atoms with van der Waals surface area (Å²) in [6.07, 6.45) is 0.517. The Kier molecular flexibility index (Phi) is 5.83. The van der Waals surface area contributed by atoms with Crippen LogP contribution in [-0.4, -0.2) is 30.8 Å². The molecule has 8 heteroatoms. The highest BCUT2D eigenvalue weighted by atomic mass is 79.9. The van der Waals surface area contributed by atoms with Crippen molar-refractivity contribution in [1.29, 1.82) is 0 Å². The van der Waals surface area contributed by atoms with E-state index in [0.717, 1.165) is 16.8 Å². The minimum atomic E-state index is -0.332. The summed E-state index contributed by atoms with van der Waals surface area (Å²) in [7, 11) is 3.17. The number of benzene rings is 2. The maximum atomic E-state index is 13.2. The Balaban J connectivity index is 1.74. The second-order valence-electron chi connectivity index (χ2n) is 6.64. The molecular weight excluding hydrogens is 472 g/mol. The summed E-state index contributed by atoms with van der Waals surface area (Å²) in [6.45, 7) is 0. The molecule has 0 spiro atoms. The number of nitrogens with zero attached hydrogens (tertiary/aromatic N) is 2. The van der Waals surface area contributed by atoms with Crippen molar-refractivity contribution in [1.82, 2.24) is 5.01 Å². The fraction of sp³-hybridized carbons (Fsp3) is 0.182. The zero-order valence-corrected chi connectivity index (χ0v) is 18.6. The molecule has 0 saturated heterocycles. The number of hydrogen-bond acceptors (Lipinski definition) is 5. The van der Waals surface area contributed by atoms with Crippen LogP contribution in [0.25, 0.3) is 0 Å². The number of halogens is 2. The molecule has 3 aromatic rings. The van der Waals surface area contributed by atoms with E-state index in [2.05, 4.69) is 21.0 Å². The van der Waals surface area contributed by atoms with E-state index in [4.69, 9.17) is 25.5 Å². The molecule has 0 unspecified atom stereocenters. The first-order valence-corrected chi connectivity index (χ1v) is 10.3. The van der Waals surface area contributed by atoms with Crippen LogP contribution in [0.1, 0.15) is 34.1 Å². The Morgan fingerprint density at radius 3 is 2.60 bits per heavy atom. The maximum absolute atomic E-state index is 13.2. The zero-order valence-electron chi connectivity index (χ0n) is 16.3. The maximum Gasteiger partial charge on any atom is 0.310 e. The van der Waals surface area contributed by atoms with Crippen molar-refractivity contribution < 1.29 is 18.7 Å². The van der Waals surface area contributed by atoms with Crippen molar-refractivity contribution in [2.45, 2.75) is 12.5 Å². The third-order valence-electron chi connectivity index (χ3n) is 4.85. The Morgan fingerprint density at radius 2 is 1.93 bits per heavy atom. The molecule has 1 aliphatic rings. The van der Waals surface area contributed by atoms with Crippen LogP contribution in [0.15, 0.2) is 68.8 Å². The highest BCUT2D eigenvalue weighted by molar-refractivity contribution is 9.10. The number of ether oxygens (including phenoxy) is 2. The number of furan rings is 1. The lowest BCUT2D eigenvalue weighted by Crippen LogP contribution is -2.26. The first-order chi connectivity index (χ1) is 14.5. The van der Waals surface area contributed by atoms with Crippen LogP contribution in [-0.2, 0) is 0 Å². The molecule has 4 rings (SSSR count). The van der Waals surface area contributed by atoms with E-state index in [1.165, 1.54) is 5.01 Å². The fourth-order valence-corrected chi connectivity index (χ4v) is 3.91. The van der Waals surface area contributed by atoms with Gasteiger partial charge in [-0.15, -0.1) is 0 Å². The van der Waals surface area contributed by atoms with Crippen LogP contribution in [0.2, 0.25) is 5.02 Å². The monoisotopic (exact) mass is 488 g/mol. The molecular formula is C22H18BrClN2O4. The lowest BCUT2D eigenvalue weighted by Gasteiger charge is -2.21. The van der Waals surface area contributed by atoms with Crippen molar-refractivity contribution in [2.75, 3.05) is 14.2 Å². The van der Waals surface area contributed by atoms with Crippen LogP contribution >= 0.6 is 27.5 Å². The molecule has 30 heavy (non-hydrogen) atoms. The summed E-state index contributed by atoms with van der Waals surface area (Å²) >= 11 is 9.44. The van der Waals surface area contributed by atoms with Crippen LogP contribution in [0, 0.1) is 0 Å².